The van der Waals surface area contributed by atoms with E-state index in [9.17, 15) is 4.79 Å². The van der Waals surface area contributed by atoms with Crippen molar-refractivity contribution in [2.75, 3.05) is 13.2 Å². The summed E-state index contributed by atoms with van der Waals surface area (Å²) < 4.78 is 10.8. The second kappa shape index (κ2) is 5.57. The Balaban J connectivity index is 1.52. The minimum Gasteiger partial charge on any atom is -0.491 e. The Labute approximate surface area is 145 Å². The van der Waals surface area contributed by atoms with Gasteiger partial charge in [0, 0.05) is 11.1 Å². The Hall–Kier alpha value is -2.91. The van der Waals surface area contributed by atoms with E-state index in [1.165, 1.54) is 0 Å². The molecule has 1 fully saturated rings. The number of hydrogen-bond donors (Lipinski definition) is 0. The van der Waals surface area contributed by atoms with Crippen LogP contribution in [0.15, 0.2) is 66.7 Å². The van der Waals surface area contributed by atoms with Gasteiger partial charge in [0.2, 0.25) is 0 Å². The molecule has 25 heavy (non-hydrogen) atoms. The van der Waals surface area contributed by atoms with Crippen molar-refractivity contribution in [2.45, 2.75) is 6.10 Å². The molecule has 5 rings (SSSR count). The fourth-order valence-corrected chi connectivity index (χ4v) is 3.40. The molecule has 3 heteroatoms. The van der Waals surface area contributed by atoms with Gasteiger partial charge in [-0.2, -0.15) is 0 Å². The van der Waals surface area contributed by atoms with Crippen molar-refractivity contribution >= 4 is 5.78 Å². The second-order valence-electron chi connectivity index (χ2n) is 6.39. The van der Waals surface area contributed by atoms with Gasteiger partial charge in [-0.3, -0.25) is 4.79 Å². The molecule has 1 aliphatic carbocycles. The van der Waals surface area contributed by atoms with Crippen molar-refractivity contribution in [2.24, 2.45) is 0 Å². The summed E-state index contributed by atoms with van der Waals surface area (Å²) in [5.74, 6) is 0.925. The van der Waals surface area contributed by atoms with Crippen molar-refractivity contribution < 1.29 is 14.3 Å². The molecule has 3 aromatic carbocycles. The number of rotatable bonds is 4. The lowest BCUT2D eigenvalue weighted by Crippen LogP contribution is -2.03. The molecule has 0 N–H and O–H groups in total. The third kappa shape index (κ3) is 2.44. The van der Waals surface area contributed by atoms with Crippen LogP contribution in [0.1, 0.15) is 15.9 Å². The minimum atomic E-state index is 0.104. The van der Waals surface area contributed by atoms with Gasteiger partial charge in [-0.05, 0) is 34.4 Å². The first-order valence-electron chi connectivity index (χ1n) is 8.43. The number of epoxide rings is 1. The van der Waals surface area contributed by atoms with Gasteiger partial charge in [0.05, 0.1) is 6.61 Å². The fraction of sp³-hybridized carbons (Fsp3) is 0.136. The van der Waals surface area contributed by atoms with Crippen LogP contribution in [0.2, 0.25) is 0 Å². The summed E-state index contributed by atoms with van der Waals surface area (Å²) in [5, 5.41) is 0. The molecule has 3 nitrogen and oxygen atoms in total. The Morgan fingerprint density at radius 2 is 1.52 bits per heavy atom. The van der Waals surface area contributed by atoms with Gasteiger partial charge in [-0.1, -0.05) is 54.6 Å². The van der Waals surface area contributed by atoms with Gasteiger partial charge in [-0.25, -0.2) is 0 Å². The van der Waals surface area contributed by atoms with Crippen LogP contribution in [0.25, 0.3) is 22.3 Å². The number of ether oxygens (including phenoxy) is 2. The molecule has 122 valence electrons. The lowest BCUT2D eigenvalue weighted by Gasteiger charge is -2.09. The second-order valence-corrected chi connectivity index (χ2v) is 6.39. The summed E-state index contributed by atoms with van der Waals surface area (Å²) in [7, 11) is 0. The molecular weight excluding hydrogens is 312 g/mol. The molecule has 0 radical (unpaired) electrons. The van der Waals surface area contributed by atoms with E-state index in [0.29, 0.717) is 6.61 Å². The molecule has 1 heterocycles. The van der Waals surface area contributed by atoms with Gasteiger partial charge in [0.15, 0.2) is 5.78 Å². The highest BCUT2D eigenvalue weighted by molar-refractivity contribution is 6.24. The molecule has 1 saturated heterocycles. The molecular formula is C22H16O3. The van der Waals surface area contributed by atoms with Gasteiger partial charge in [0.1, 0.15) is 18.5 Å². The third-order valence-electron chi connectivity index (χ3n) is 4.76. The van der Waals surface area contributed by atoms with Gasteiger partial charge in [-0.15, -0.1) is 0 Å². The fourth-order valence-electron chi connectivity index (χ4n) is 3.40. The normalized spacial score (nSPS) is 17.1. The summed E-state index contributed by atoms with van der Waals surface area (Å²) in [6.45, 7) is 1.38. The molecule has 1 aliphatic heterocycles. The first-order chi connectivity index (χ1) is 12.3. The number of ketones is 1. The summed E-state index contributed by atoms with van der Waals surface area (Å²) in [4.78, 5) is 12.9. The lowest BCUT2D eigenvalue weighted by atomic mass is 9.95. The van der Waals surface area contributed by atoms with E-state index in [4.69, 9.17) is 9.47 Å². The quantitative estimate of drug-likeness (QED) is 0.523. The predicted molar refractivity (Wildman–Crippen MR) is 96.0 cm³/mol. The lowest BCUT2D eigenvalue weighted by molar-refractivity contribution is 0.104. The highest BCUT2D eigenvalue weighted by Crippen LogP contribution is 2.41. The van der Waals surface area contributed by atoms with Crippen molar-refractivity contribution in [3.8, 4) is 28.0 Å². The van der Waals surface area contributed by atoms with E-state index >= 15 is 0 Å². The van der Waals surface area contributed by atoms with Gasteiger partial charge >= 0.3 is 0 Å². The number of carbonyl (C=O) groups is 1. The van der Waals surface area contributed by atoms with Crippen LogP contribution in [0, 0.1) is 0 Å². The third-order valence-corrected chi connectivity index (χ3v) is 4.76. The Morgan fingerprint density at radius 1 is 0.840 bits per heavy atom. The predicted octanol–water partition coefficient (Wildman–Crippen LogP) is 4.34. The summed E-state index contributed by atoms with van der Waals surface area (Å²) >= 11 is 0. The maximum atomic E-state index is 12.9. The molecule has 0 spiro atoms. The van der Waals surface area contributed by atoms with Crippen LogP contribution in [0.4, 0.5) is 0 Å². The van der Waals surface area contributed by atoms with Crippen molar-refractivity contribution in [3.05, 3.63) is 77.9 Å². The van der Waals surface area contributed by atoms with Crippen LogP contribution >= 0.6 is 0 Å². The van der Waals surface area contributed by atoms with E-state index in [0.717, 1.165) is 45.7 Å². The van der Waals surface area contributed by atoms with Crippen LogP contribution in [-0.2, 0) is 4.74 Å². The Kier molecular flexibility index (Phi) is 3.22. The van der Waals surface area contributed by atoms with E-state index in [-0.39, 0.29) is 11.9 Å². The topological polar surface area (TPSA) is 38.8 Å². The van der Waals surface area contributed by atoms with E-state index in [1.54, 1.807) is 0 Å². The zero-order valence-electron chi connectivity index (χ0n) is 13.6. The summed E-state index contributed by atoms with van der Waals surface area (Å²) in [6, 6.07) is 21.8. The number of fused-ring (bicyclic) bond motifs is 3. The first-order valence-corrected chi connectivity index (χ1v) is 8.43. The SMILES string of the molecule is O=C1c2ccccc2-c2cccc(-c3ccc(OCC4CO4)cc3)c21. The van der Waals surface area contributed by atoms with Crippen molar-refractivity contribution in [3.63, 3.8) is 0 Å². The number of carbonyl (C=O) groups excluding carboxylic acids is 1. The van der Waals surface area contributed by atoms with Crippen LogP contribution in [-0.4, -0.2) is 25.1 Å². The molecule has 0 saturated carbocycles. The van der Waals surface area contributed by atoms with Crippen molar-refractivity contribution in [1.29, 1.82) is 0 Å². The first kappa shape index (κ1) is 14.4. The summed E-state index contributed by atoms with van der Waals surface area (Å²) in [6.07, 6.45) is 0.244. The van der Waals surface area contributed by atoms with E-state index < -0.39 is 0 Å². The largest absolute Gasteiger partial charge is 0.491 e. The maximum Gasteiger partial charge on any atom is 0.194 e. The van der Waals surface area contributed by atoms with Crippen LogP contribution < -0.4 is 4.74 Å². The smallest absolute Gasteiger partial charge is 0.194 e. The highest BCUT2D eigenvalue weighted by atomic mass is 16.6. The van der Waals surface area contributed by atoms with Crippen LogP contribution in [0.3, 0.4) is 0 Å². The average Bonchev–Trinajstić information content (AvgIpc) is 3.46. The van der Waals surface area contributed by atoms with Gasteiger partial charge in [0.25, 0.3) is 0 Å². The summed E-state index contributed by atoms with van der Waals surface area (Å²) in [5.41, 5.74) is 5.61. The van der Waals surface area contributed by atoms with E-state index in [1.807, 2.05) is 66.7 Å². The molecule has 0 bridgehead atoms. The molecule has 0 aromatic heterocycles. The Bertz CT molecular complexity index is 969. The molecule has 2 aliphatic rings. The zero-order chi connectivity index (χ0) is 16.8. The molecule has 1 atom stereocenters. The van der Waals surface area contributed by atoms with E-state index in [2.05, 4.69) is 0 Å². The molecule has 3 aromatic rings. The number of benzene rings is 3. The number of hydrogen-bond acceptors (Lipinski definition) is 3. The maximum absolute atomic E-state index is 12.9. The van der Waals surface area contributed by atoms with Crippen molar-refractivity contribution in [1.82, 2.24) is 0 Å². The highest BCUT2D eigenvalue weighted by Gasteiger charge is 2.29. The standard InChI is InChI=1S/C22H16O3/c23-22-20-5-2-1-4-18(20)19-7-3-6-17(21(19)22)14-8-10-15(11-9-14)24-12-16-13-25-16/h1-11,16H,12-13H2. The monoisotopic (exact) mass is 328 g/mol. The Morgan fingerprint density at radius 3 is 2.28 bits per heavy atom. The van der Waals surface area contributed by atoms with Gasteiger partial charge < -0.3 is 9.47 Å². The zero-order valence-corrected chi connectivity index (χ0v) is 13.6. The van der Waals surface area contributed by atoms with Crippen LogP contribution in [0.5, 0.6) is 5.75 Å². The average molecular weight is 328 g/mol. The molecule has 1 unspecified atom stereocenters. The molecule has 0 amide bonds. The minimum absolute atomic E-state index is 0.104.